The zero-order chi connectivity index (χ0) is 62.9. The first-order valence-electron chi connectivity index (χ1n) is 27.0. The minimum Gasteiger partial charge on any atom is -0.271 e. The summed E-state index contributed by atoms with van der Waals surface area (Å²) in [6.45, 7) is 9.78. The van der Waals surface area contributed by atoms with Gasteiger partial charge in [0.15, 0.2) is 0 Å². The van der Waals surface area contributed by atoms with Gasteiger partial charge in [-0.25, -0.2) is 0 Å². The number of carbonyl (C=O) groups excluding carboxylic acids is 4. The fourth-order valence-electron chi connectivity index (χ4n) is 11.9. The molecule has 0 radical (unpaired) electrons. The molecule has 9 aromatic carbocycles. The Balaban J connectivity index is 0.00000141. The molecule has 2 aliphatic rings. The third-order valence-corrected chi connectivity index (χ3v) is 15.8. The number of halogens is 12. The molecule has 440 valence electrons. The van der Waals surface area contributed by atoms with E-state index in [0.717, 1.165) is 107 Å². The van der Waals surface area contributed by atoms with E-state index in [0.29, 0.717) is 0 Å². The molecule has 86 heavy (non-hydrogen) atoms. The summed E-state index contributed by atoms with van der Waals surface area (Å²) in [5.41, 5.74) is -4.58. The van der Waals surface area contributed by atoms with Gasteiger partial charge in [-0.15, -0.1) is 0 Å². The second-order valence-electron chi connectivity index (χ2n) is 20.5. The lowest BCUT2D eigenvalue weighted by Gasteiger charge is -2.37. The molecule has 0 aromatic heterocycles. The molecule has 0 atom stereocenters. The van der Waals surface area contributed by atoms with Crippen LogP contribution in [0, 0.1) is 22.7 Å². The molecule has 4 amide bonds. The fraction of sp³-hybridized carbons (Fsp3) is 0.242. The van der Waals surface area contributed by atoms with Crippen LogP contribution in [0.2, 0.25) is 0 Å². The average molecular weight is 1190 g/mol. The van der Waals surface area contributed by atoms with Crippen LogP contribution >= 0.6 is 0 Å². The molecule has 0 saturated heterocycles. The number of fused-ring (bicyclic) bond motifs is 2. The molecule has 11 rings (SSSR count). The van der Waals surface area contributed by atoms with Gasteiger partial charge in [0.25, 0.3) is 23.6 Å². The highest BCUT2D eigenvalue weighted by Crippen LogP contribution is 2.55. The lowest BCUT2D eigenvalue weighted by atomic mass is 9.75. The molecule has 0 unspecified atom stereocenters. The number of carbonyl (C=O) groups is 4. The maximum atomic E-state index is 15.5. The molecule has 0 spiro atoms. The Morgan fingerprint density at radius 2 is 0.523 bits per heavy atom. The van der Waals surface area contributed by atoms with Gasteiger partial charge in [-0.1, -0.05) is 76.2 Å². The van der Waals surface area contributed by atoms with Crippen molar-refractivity contribution in [1.82, 2.24) is 9.80 Å². The number of alkyl halides is 12. The molecule has 0 aliphatic carbocycles. The minimum absolute atomic E-state index is 0.00367. The van der Waals surface area contributed by atoms with E-state index in [9.17, 15) is 52.7 Å². The fourth-order valence-corrected chi connectivity index (χ4v) is 11.9. The van der Waals surface area contributed by atoms with Crippen LogP contribution in [0.4, 0.5) is 52.7 Å². The molecule has 0 saturated carbocycles. The molecule has 8 nitrogen and oxygen atoms in total. The van der Waals surface area contributed by atoms with Crippen molar-refractivity contribution in [1.29, 1.82) is 10.5 Å². The molecule has 20 heteroatoms. The summed E-state index contributed by atoms with van der Waals surface area (Å²) < 4.78 is 170. The topological polar surface area (TPSA) is 122 Å². The standard InChI is InChI=1S/C62H42F12N2O4.2C2H3N/c1-5-37(6-2)75-55(77)49-39(29-9-17-33(18-10-29)59(63,64)65)25-43-45-27-41(31-13-21-35(22-14-31)61(69,70)71)51-54-48(45)46(44-26-40(50(56(75)78)53(49)47(43)44)30-11-19-34(20-12-30)60(66,67)68)28-42(32-15-23-36(24-16-32)62(72,73)74)52(54)58(80)76(57(51)79)38(7-3)8-4;2*1-2-3/h9-28,37-38H,5-8H2,1-4H3;2*1H3. The van der Waals surface area contributed by atoms with Crippen LogP contribution in [0.3, 0.4) is 0 Å². The molecule has 0 N–H and O–H groups in total. The van der Waals surface area contributed by atoms with Gasteiger partial charge in [-0.05, 0) is 175 Å². The van der Waals surface area contributed by atoms with Crippen molar-refractivity contribution in [3.05, 3.63) is 166 Å². The number of imide groups is 2. The van der Waals surface area contributed by atoms with Crippen molar-refractivity contribution in [2.45, 2.75) is 104 Å². The van der Waals surface area contributed by atoms with E-state index in [1.165, 1.54) is 38.1 Å². The van der Waals surface area contributed by atoms with E-state index >= 15 is 19.2 Å². The zero-order valence-corrected chi connectivity index (χ0v) is 46.5. The molecule has 0 fully saturated rings. The smallest absolute Gasteiger partial charge is 0.271 e. The largest absolute Gasteiger partial charge is 0.416 e. The SMILES string of the molecule is CC#N.CC#N.CCC(CC)N1C(=O)c2c(-c3ccc(C(F)(F)F)cc3)cc3c4cc(-c5ccc(C(F)(F)F)cc5)c5c6c(c(-c7ccc(C(F)(F)F)cc7)cc(c7cc(-c8ccc(C(F)(F)F)cc8)c(c2c37)C1=O)c64)C(=O)N(C(CC)CC)C5=O. The third-order valence-electron chi connectivity index (χ3n) is 15.8. The molecule has 2 aliphatic heterocycles. The van der Waals surface area contributed by atoms with Crippen LogP contribution < -0.4 is 0 Å². The number of nitrogens with zero attached hydrogens (tertiary/aromatic N) is 4. The number of amides is 4. The summed E-state index contributed by atoms with van der Waals surface area (Å²) in [5.74, 6) is -3.40. The molecular formula is C66H48F12N4O4. The van der Waals surface area contributed by atoms with E-state index in [4.69, 9.17) is 10.5 Å². The van der Waals surface area contributed by atoms with Gasteiger partial charge in [0.2, 0.25) is 0 Å². The van der Waals surface area contributed by atoms with Gasteiger partial charge in [0.05, 0.1) is 56.6 Å². The van der Waals surface area contributed by atoms with Crippen molar-refractivity contribution in [2.75, 3.05) is 0 Å². The van der Waals surface area contributed by atoms with Gasteiger partial charge in [0.1, 0.15) is 0 Å². The van der Waals surface area contributed by atoms with Gasteiger partial charge in [-0.2, -0.15) is 63.2 Å². The van der Waals surface area contributed by atoms with Gasteiger partial charge in [-0.3, -0.25) is 29.0 Å². The first kappa shape index (κ1) is 61.3. The van der Waals surface area contributed by atoms with Crippen LogP contribution in [0.1, 0.15) is 131 Å². The lowest BCUT2D eigenvalue weighted by Crippen LogP contribution is -2.47. The van der Waals surface area contributed by atoms with Crippen LogP contribution in [0.15, 0.2) is 121 Å². The first-order chi connectivity index (χ1) is 40.6. The zero-order valence-electron chi connectivity index (χ0n) is 46.5. The minimum atomic E-state index is -4.80. The molecule has 0 bridgehead atoms. The van der Waals surface area contributed by atoms with Crippen LogP contribution in [0.5, 0.6) is 0 Å². The molecule has 2 heterocycles. The van der Waals surface area contributed by atoms with Crippen molar-refractivity contribution >= 4 is 66.7 Å². The van der Waals surface area contributed by atoms with E-state index < -0.39 is 82.7 Å². The lowest BCUT2D eigenvalue weighted by molar-refractivity contribution is -0.138. The summed E-state index contributed by atoms with van der Waals surface area (Å²) in [4.78, 5) is 64.2. The van der Waals surface area contributed by atoms with E-state index in [1.807, 2.05) is 0 Å². The highest BCUT2D eigenvalue weighted by atomic mass is 19.4. The van der Waals surface area contributed by atoms with Crippen LogP contribution in [-0.2, 0) is 24.7 Å². The van der Waals surface area contributed by atoms with Gasteiger partial charge in [0, 0.05) is 36.7 Å². The monoisotopic (exact) mass is 1190 g/mol. The Hall–Kier alpha value is -9.30. The van der Waals surface area contributed by atoms with E-state index in [1.54, 1.807) is 39.8 Å². The Bertz CT molecular complexity index is 3760. The number of nitriles is 2. The average Bonchev–Trinajstić information content (AvgIpc) is 0.708. The Morgan fingerprint density at radius 3 is 0.674 bits per heavy atom. The van der Waals surface area contributed by atoms with Crippen molar-refractivity contribution in [3.8, 4) is 56.6 Å². The third kappa shape index (κ3) is 10.3. The van der Waals surface area contributed by atoms with Crippen molar-refractivity contribution in [3.63, 3.8) is 0 Å². The maximum absolute atomic E-state index is 15.5. The van der Waals surface area contributed by atoms with Crippen LogP contribution in [0.25, 0.3) is 87.6 Å². The number of rotatable bonds is 10. The highest BCUT2D eigenvalue weighted by molar-refractivity contribution is 6.45. The highest BCUT2D eigenvalue weighted by Gasteiger charge is 2.45. The first-order valence-corrected chi connectivity index (χ1v) is 27.0. The van der Waals surface area contributed by atoms with Crippen molar-refractivity contribution in [2.24, 2.45) is 0 Å². The Kier molecular flexibility index (Phi) is 16.1. The van der Waals surface area contributed by atoms with Gasteiger partial charge >= 0.3 is 24.7 Å². The summed E-state index contributed by atoms with van der Waals surface area (Å²) in [7, 11) is 0. The molecule has 9 aromatic rings. The second kappa shape index (κ2) is 22.6. The van der Waals surface area contributed by atoms with E-state index in [2.05, 4.69) is 0 Å². The van der Waals surface area contributed by atoms with Crippen LogP contribution in [-0.4, -0.2) is 45.5 Å². The van der Waals surface area contributed by atoms with Gasteiger partial charge < -0.3 is 0 Å². The molecular weight excluding hydrogens is 1140 g/mol. The van der Waals surface area contributed by atoms with E-state index in [-0.39, 0.29) is 136 Å². The Labute approximate surface area is 483 Å². The predicted octanol–water partition coefficient (Wildman–Crippen LogP) is 19.1. The summed E-state index contributed by atoms with van der Waals surface area (Å²) in [6, 6.07) is 23.5. The number of hydrogen-bond donors (Lipinski definition) is 0. The summed E-state index contributed by atoms with van der Waals surface area (Å²) in [5, 5.41) is 15.5. The number of benzene rings is 9. The quantitative estimate of drug-likeness (QED) is 0.0582. The Morgan fingerprint density at radius 1 is 0.349 bits per heavy atom. The summed E-state index contributed by atoms with van der Waals surface area (Å²) >= 11 is 0. The number of hydrogen-bond acceptors (Lipinski definition) is 6. The second-order valence-corrected chi connectivity index (χ2v) is 20.5. The van der Waals surface area contributed by atoms with Crippen molar-refractivity contribution < 1.29 is 71.9 Å². The summed E-state index contributed by atoms with van der Waals surface area (Å²) in [6.07, 6.45) is -18.3. The predicted molar refractivity (Wildman–Crippen MR) is 302 cm³/mol. The normalized spacial score (nSPS) is 13.7. The maximum Gasteiger partial charge on any atom is 0.416 e.